The van der Waals surface area contributed by atoms with Crippen molar-refractivity contribution in [2.45, 2.75) is 81.7 Å². The molecule has 4 aliphatic heterocycles. The number of para-hydroxylation sites is 1. The van der Waals surface area contributed by atoms with Gasteiger partial charge < -0.3 is 25.6 Å². The zero-order chi connectivity index (χ0) is 26.8. The number of piperazine rings is 1. The van der Waals surface area contributed by atoms with E-state index < -0.39 is 12.1 Å². The predicted molar refractivity (Wildman–Crippen MR) is 145 cm³/mol. The maximum Gasteiger partial charge on any atom is 0.246 e. The van der Waals surface area contributed by atoms with E-state index in [1.54, 1.807) is 7.05 Å². The Morgan fingerprint density at radius 1 is 1.00 bits per heavy atom. The van der Waals surface area contributed by atoms with Crippen molar-refractivity contribution in [2.24, 2.45) is 23.7 Å². The van der Waals surface area contributed by atoms with Crippen molar-refractivity contribution < 1.29 is 19.1 Å². The molecule has 3 N–H and O–H groups in total. The highest BCUT2D eigenvalue weighted by atomic mass is 16.5. The zero-order valence-electron chi connectivity index (χ0n) is 23.0. The highest BCUT2D eigenvalue weighted by Crippen LogP contribution is 2.78. The third kappa shape index (κ3) is 4.24. The van der Waals surface area contributed by atoms with Crippen molar-refractivity contribution >= 4 is 17.7 Å². The van der Waals surface area contributed by atoms with Gasteiger partial charge in [0.05, 0.1) is 18.7 Å². The van der Waals surface area contributed by atoms with Gasteiger partial charge in [0.25, 0.3) is 0 Å². The number of carbonyl (C=O) groups excluding carboxylic acids is 3. The molecule has 1 aromatic rings. The summed E-state index contributed by atoms with van der Waals surface area (Å²) < 4.78 is 5.81. The first kappa shape index (κ1) is 25.3. The Hall–Kier alpha value is -2.65. The molecule has 7 aliphatic rings. The third-order valence-corrected chi connectivity index (χ3v) is 10.6. The van der Waals surface area contributed by atoms with Crippen LogP contribution in [0.1, 0.15) is 57.1 Å². The molecule has 0 aromatic heterocycles. The zero-order valence-corrected chi connectivity index (χ0v) is 23.0. The summed E-state index contributed by atoms with van der Waals surface area (Å²) in [6, 6.07) is 7.14. The van der Waals surface area contributed by atoms with E-state index in [2.05, 4.69) is 20.9 Å². The van der Waals surface area contributed by atoms with Gasteiger partial charge >= 0.3 is 0 Å². The summed E-state index contributed by atoms with van der Waals surface area (Å²) in [6.45, 7) is 3.53. The lowest BCUT2D eigenvalue weighted by Crippen LogP contribution is -2.66. The van der Waals surface area contributed by atoms with Gasteiger partial charge in [0.1, 0.15) is 17.8 Å². The van der Waals surface area contributed by atoms with Crippen LogP contribution < -0.4 is 20.7 Å². The molecule has 3 amide bonds. The normalized spacial score (nSPS) is 35.9. The molecular weight excluding hydrogens is 494 g/mol. The molecule has 0 radical (unpaired) electrons. The number of fused-ring (bicyclic) bond motifs is 1. The van der Waals surface area contributed by atoms with Gasteiger partial charge in [0.2, 0.25) is 17.7 Å². The standard InChI is InChI=1S/C30H41N5O4/c1-16(31-2)28(36)33-26(17-8-4-3-5-9-17)30(38)35-14-20-23-24-25(23)27(24)34(20)15-21(35)29(37)32-19-12-13-39-22-11-7-6-10-18(19)22/h6-7,10-11,16-17,19-21,23-27,31H,3-5,8-9,12-15H2,1-2H3,(H,32,37)(H,33,36)/t16-,19+,20-,21-,23?,24-,25?,26-,27?/m0/s1. The average Bonchev–Trinajstić information content (AvgIpc) is 3.82. The molecule has 3 saturated heterocycles. The first-order valence-electron chi connectivity index (χ1n) is 15.0. The lowest BCUT2D eigenvalue weighted by atomic mass is 9.82. The topological polar surface area (TPSA) is 103 Å². The lowest BCUT2D eigenvalue weighted by molar-refractivity contribution is -0.149. The molecule has 9 heteroatoms. The number of rotatable bonds is 7. The molecule has 3 aliphatic carbocycles. The molecule has 8 rings (SSSR count). The van der Waals surface area contributed by atoms with Gasteiger partial charge in [-0.15, -0.1) is 0 Å². The minimum Gasteiger partial charge on any atom is -0.493 e. The van der Waals surface area contributed by atoms with Gasteiger partial charge in [-0.3, -0.25) is 19.3 Å². The van der Waals surface area contributed by atoms with Crippen molar-refractivity contribution in [3.05, 3.63) is 29.8 Å². The molecule has 0 spiro atoms. The van der Waals surface area contributed by atoms with E-state index in [1.807, 2.05) is 36.1 Å². The van der Waals surface area contributed by atoms with Crippen LogP contribution in [0.15, 0.2) is 24.3 Å². The number of piperidine rings is 1. The minimum absolute atomic E-state index is 0.0789. The van der Waals surface area contributed by atoms with Crippen LogP contribution in [0, 0.1) is 23.7 Å². The summed E-state index contributed by atoms with van der Waals surface area (Å²) in [5, 5.41) is 9.41. The Morgan fingerprint density at radius 2 is 1.77 bits per heavy atom. The van der Waals surface area contributed by atoms with Crippen LogP contribution in [0.4, 0.5) is 0 Å². The van der Waals surface area contributed by atoms with Gasteiger partial charge in [-0.25, -0.2) is 0 Å². The second-order valence-corrected chi connectivity index (χ2v) is 12.6. The number of amides is 3. The van der Waals surface area contributed by atoms with Crippen molar-refractivity contribution in [1.82, 2.24) is 25.8 Å². The quantitative estimate of drug-likeness (QED) is 0.488. The fraction of sp³-hybridized carbons (Fsp3) is 0.700. The molecule has 2 bridgehead atoms. The van der Waals surface area contributed by atoms with Crippen molar-refractivity contribution in [1.29, 1.82) is 0 Å². The van der Waals surface area contributed by atoms with Crippen LogP contribution in [0.5, 0.6) is 5.75 Å². The van der Waals surface area contributed by atoms with Crippen molar-refractivity contribution in [3.63, 3.8) is 0 Å². The Balaban J connectivity index is 1.15. The second-order valence-electron chi connectivity index (χ2n) is 12.6. The Bertz CT molecular complexity index is 1140. The molecule has 3 unspecified atom stereocenters. The largest absolute Gasteiger partial charge is 0.493 e. The smallest absolute Gasteiger partial charge is 0.246 e. The number of benzene rings is 1. The maximum absolute atomic E-state index is 14.4. The molecule has 9 nitrogen and oxygen atoms in total. The fourth-order valence-electron chi connectivity index (χ4n) is 8.21. The molecule has 210 valence electrons. The van der Waals surface area contributed by atoms with Crippen molar-refractivity contribution in [2.75, 3.05) is 26.7 Å². The number of hydrogen-bond acceptors (Lipinski definition) is 6. The monoisotopic (exact) mass is 535 g/mol. The summed E-state index contributed by atoms with van der Waals surface area (Å²) >= 11 is 0. The van der Waals surface area contributed by atoms with Crippen LogP contribution in [-0.2, 0) is 14.4 Å². The Kier molecular flexibility index (Phi) is 6.34. The minimum atomic E-state index is -0.594. The van der Waals surface area contributed by atoms with E-state index in [0.717, 1.165) is 48.8 Å². The third-order valence-electron chi connectivity index (χ3n) is 10.6. The van der Waals surface area contributed by atoms with E-state index in [0.29, 0.717) is 44.1 Å². The van der Waals surface area contributed by atoms with Crippen LogP contribution in [0.2, 0.25) is 0 Å². The number of ether oxygens (including phenoxy) is 1. The first-order chi connectivity index (χ1) is 19.0. The van der Waals surface area contributed by atoms with Gasteiger partial charge in [-0.2, -0.15) is 0 Å². The van der Waals surface area contributed by atoms with E-state index in [4.69, 9.17) is 4.74 Å². The van der Waals surface area contributed by atoms with Gasteiger partial charge in [0.15, 0.2) is 0 Å². The Morgan fingerprint density at radius 3 is 2.54 bits per heavy atom. The highest BCUT2D eigenvalue weighted by molar-refractivity contribution is 5.94. The maximum atomic E-state index is 14.4. The lowest BCUT2D eigenvalue weighted by Gasteiger charge is -2.45. The summed E-state index contributed by atoms with van der Waals surface area (Å²) in [7, 11) is 1.75. The summed E-state index contributed by atoms with van der Waals surface area (Å²) in [6.07, 6.45) is 5.87. The van der Waals surface area contributed by atoms with Crippen molar-refractivity contribution in [3.8, 4) is 5.75 Å². The number of carbonyl (C=O) groups is 3. The van der Waals surface area contributed by atoms with E-state index in [1.165, 1.54) is 6.42 Å². The van der Waals surface area contributed by atoms with Gasteiger partial charge in [-0.05, 0) is 56.6 Å². The molecule has 6 fully saturated rings. The van der Waals surface area contributed by atoms with Crippen LogP contribution in [-0.4, -0.2) is 84.5 Å². The van der Waals surface area contributed by atoms with E-state index >= 15 is 0 Å². The highest BCUT2D eigenvalue weighted by Gasteiger charge is 2.84. The summed E-state index contributed by atoms with van der Waals surface area (Å²) in [4.78, 5) is 45.8. The molecule has 3 saturated carbocycles. The average molecular weight is 536 g/mol. The number of likely N-dealkylation sites (N-methyl/N-ethyl adjacent to an activating group) is 1. The number of nitrogens with one attached hydrogen (secondary N) is 3. The van der Waals surface area contributed by atoms with Crippen LogP contribution in [0.25, 0.3) is 0 Å². The summed E-state index contributed by atoms with van der Waals surface area (Å²) in [5.74, 6) is 2.82. The molecule has 1 aromatic carbocycles. The Labute approximate surface area is 230 Å². The second kappa shape index (κ2) is 9.77. The van der Waals surface area contributed by atoms with E-state index in [-0.39, 0.29) is 35.7 Å². The first-order valence-corrected chi connectivity index (χ1v) is 15.0. The molecule has 9 atom stereocenters. The van der Waals surface area contributed by atoms with Crippen LogP contribution in [0.3, 0.4) is 0 Å². The number of nitrogens with zero attached hydrogens (tertiary/aromatic N) is 2. The SMILES string of the molecule is CN[C@@H](C)C(=O)N[C@H](C(=O)N1C[C@H]2C3C4C([C@H]43)N2C[C@H]1C(=O)N[C@@H]1CCOc2ccccc21)C1CCCCC1. The van der Waals surface area contributed by atoms with Gasteiger partial charge in [0, 0.05) is 37.2 Å². The molecule has 39 heavy (non-hydrogen) atoms. The molecule has 4 heterocycles. The molecular formula is C30H41N5O4. The van der Waals surface area contributed by atoms with Gasteiger partial charge in [-0.1, -0.05) is 37.5 Å². The van der Waals surface area contributed by atoms with E-state index in [9.17, 15) is 14.4 Å². The summed E-state index contributed by atoms with van der Waals surface area (Å²) in [5.41, 5.74) is 0.991. The van der Waals surface area contributed by atoms with Crippen LogP contribution >= 0.6 is 0 Å². The predicted octanol–water partition coefficient (Wildman–Crippen LogP) is 1.44. The number of hydrogen-bond donors (Lipinski definition) is 3. The fourth-order valence-corrected chi connectivity index (χ4v) is 8.21.